The Morgan fingerprint density at radius 1 is 1.13 bits per heavy atom. The minimum atomic E-state index is -4.48. The molecule has 0 unspecified atom stereocenters. The molecule has 122 valence electrons. The maximum absolute atomic E-state index is 13.0. The monoisotopic (exact) mass is 344 g/mol. The third kappa shape index (κ3) is 4.39. The molecular formula is C16H13ClF4N2. The lowest BCUT2D eigenvalue weighted by atomic mass is 10.1. The highest BCUT2D eigenvalue weighted by atomic mass is 35.5. The molecule has 0 heterocycles. The molecule has 0 saturated carbocycles. The normalized spacial score (nSPS) is 11.3. The van der Waals surface area contributed by atoms with E-state index in [0.717, 1.165) is 17.0 Å². The van der Waals surface area contributed by atoms with Crippen molar-refractivity contribution in [3.8, 4) is 0 Å². The summed E-state index contributed by atoms with van der Waals surface area (Å²) in [5, 5.41) is 0.221. The second kappa shape index (κ2) is 6.50. The maximum atomic E-state index is 13.0. The zero-order chi connectivity index (χ0) is 17.2. The number of benzene rings is 2. The number of anilines is 2. The van der Waals surface area contributed by atoms with E-state index in [1.165, 1.54) is 30.3 Å². The predicted octanol–water partition coefficient (Wildman–Crippen LogP) is 5.10. The van der Waals surface area contributed by atoms with E-state index in [1.807, 2.05) is 0 Å². The predicted molar refractivity (Wildman–Crippen MR) is 84.7 cm³/mol. The molecule has 0 fully saturated rings. The zero-order valence-electron chi connectivity index (χ0n) is 11.9. The molecule has 0 radical (unpaired) electrons. The molecule has 2 N–H and O–H groups in total. The van der Waals surface area contributed by atoms with E-state index in [-0.39, 0.29) is 22.0 Å². The van der Waals surface area contributed by atoms with Crippen LogP contribution in [0.2, 0.25) is 5.02 Å². The smallest absolute Gasteiger partial charge is 0.399 e. The molecule has 0 spiro atoms. The minimum Gasteiger partial charge on any atom is -0.399 e. The van der Waals surface area contributed by atoms with E-state index in [9.17, 15) is 17.6 Å². The molecule has 2 aromatic carbocycles. The molecule has 7 heteroatoms. The highest BCUT2D eigenvalue weighted by Gasteiger charge is 2.32. The lowest BCUT2D eigenvalue weighted by Crippen LogP contribution is -2.32. The molecule has 0 aromatic heterocycles. The van der Waals surface area contributed by atoms with Crippen LogP contribution in [-0.4, -0.2) is 12.7 Å². The Morgan fingerprint density at radius 3 is 2.30 bits per heavy atom. The van der Waals surface area contributed by atoms with E-state index < -0.39 is 18.5 Å². The highest BCUT2D eigenvalue weighted by Crippen LogP contribution is 2.33. The first-order valence-corrected chi connectivity index (χ1v) is 6.89. The number of halogens is 5. The third-order valence-corrected chi connectivity index (χ3v) is 3.43. The second-order valence-electron chi connectivity index (χ2n) is 4.86. The van der Waals surface area contributed by atoms with Crippen molar-refractivity contribution in [3.05, 3.63) is 65.4 Å². The van der Waals surface area contributed by atoms with Crippen molar-refractivity contribution in [1.29, 1.82) is 0 Å². The fraction of sp³-hybridized carbons (Fsp3) is 0.125. The molecule has 2 rings (SSSR count). The van der Waals surface area contributed by atoms with Gasteiger partial charge in [0.15, 0.2) is 0 Å². The van der Waals surface area contributed by atoms with Gasteiger partial charge in [-0.1, -0.05) is 18.2 Å². The molecule has 2 nitrogen and oxygen atoms in total. The quantitative estimate of drug-likeness (QED) is 0.617. The standard InChI is InChI=1S/C16H13ClF4N2/c1-10(14-8-12(22)4-7-15(14)17)23(9-16(19,20)21)13-5-2-11(18)3-6-13/h2-8H,1,9,22H2. The maximum Gasteiger partial charge on any atom is 0.406 e. The molecule has 0 amide bonds. The van der Waals surface area contributed by atoms with Gasteiger partial charge in [0, 0.05) is 22.6 Å². The summed E-state index contributed by atoms with van der Waals surface area (Å²) in [4.78, 5) is 0.917. The van der Waals surface area contributed by atoms with Gasteiger partial charge in [-0.05, 0) is 42.5 Å². The van der Waals surface area contributed by atoms with Crippen molar-refractivity contribution in [2.75, 3.05) is 17.2 Å². The van der Waals surface area contributed by atoms with Gasteiger partial charge in [-0.25, -0.2) is 4.39 Å². The SMILES string of the molecule is C=C(c1cc(N)ccc1Cl)N(CC(F)(F)F)c1ccc(F)cc1. The molecular weight excluding hydrogens is 332 g/mol. The van der Waals surface area contributed by atoms with Crippen LogP contribution >= 0.6 is 11.6 Å². The van der Waals surface area contributed by atoms with Crippen LogP contribution in [-0.2, 0) is 0 Å². The zero-order valence-corrected chi connectivity index (χ0v) is 12.6. The number of rotatable bonds is 4. The number of alkyl halides is 3. The van der Waals surface area contributed by atoms with Gasteiger partial charge in [0.25, 0.3) is 0 Å². The average molecular weight is 345 g/mol. The van der Waals surface area contributed by atoms with Crippen LogP contribution in [0.4, 0.5) is 28.9 Å². The van der Waals surface area contributed by atoms with Crippen molar-refractivity contribution in [3.63, 3.8) is 0 Å². The van der Waals surface area contributed by atoms with Crippen LogP contribution < -0.4 is 10.6 Å². The third-order valence-electron chi connectivity index (χ3n) is 3.10. The summed E-state index contributed by atoms with van der Waals surface area (Å²) in [6, 6.07) is 9.09. The second-order valence-corrected chi connectivity index (χ2v) is 5.27. The number of hydrogen-bond acceptors (Lipinski definition) is 2. The van der Waals surface area contributed by atoms with Crippen LogP contribution in [0.1, 0.15) is 5.56 Å². The molecule has 0 bridgehead atoms. The molecule has 0 aliphatic heterocycles. The van der Waals surface area contributed by atoms with Crippen LogP contribution in [0.25, 0.3) is 5.70 Å². The Morgan fingerprint density at radius 2 is 1.74 bits per heavy atom. The minimum absolute atomic E-state index is 0.0197. The topological polar surface area (TPSA) is 29.3 Å². The van der Waals surface area contributed by atoms with Gasteiger partial charge < -0.3 is 10.6 Å². The molecule has 0 saturated heterocycles. The fourth-order valence-corrected chi connectivity index (χ4v) is 2.28. The fourth-order valence-electron chi connectivity index (χ4n) is 2.05. The Hall–Kier alpha value is -2.21. The first kappa shape index (κ1) is 17.1. The van der Waals surface area contributed by atoms with Crippen LogP contribution in [0.15, 0.2) is 49.0 Å². The van der Waals surface area contributed by atoms with Crippen molar-refractivity contribution < 1.29 is 17.6 Å². The van der Waals surface area contributed by atoms with Crippen LogP contribution in [0.5, 0.6) is 0 Å². The summed E-state index contributed by atoms with van der Waals surface area (Å²) in [6.07, 6.45) is -4.48. The number of nitrogens with zero attached hydrogens (tertiary/aromatic N) is 1. The Kier molecular flexibility index (Phi) is 4.85. The van der Waals surface area contributed by atoms with Gasteiger partial charge in [0.1, 0.15) is 12.4 Å². The summed E-state index contributed by atoms with van der Waals surface area (Å²) in [6.45, 7) is 2.41. The highest BCUT2D eigenvalue weighted by molar-refractivity contribution is 6.32. The summed E-state index contributed by atoms with van der Waals surface area (Å²) in [5.41, 5.74) is 6.45. The van der Waals surface area contributed by atoms with E-state index >= 15 is 0 Å². The van der Waals surface area contributed by atoms with Gasteiger partial charge >= 0.3 is 6.18 Å². The Balaban J connectivity index is 2.46. The lowest BCUT2D eigenvalue weighted by Gasteiger charge is -2.28. The summed E-state index contributed by atoms with van der Waals surface area (Å²) in [5.74, 6) is -0.548. The van der Waals surface area contributed by atoms with Crippen LogP contribution in [0, 0.1) is 5.82 Å². The molecule has 0 aliphatic carbocycles. The molecule has 2 aromatic rings. The van der Waals surface area contributed by atoms with Crippen molar-refractivity contribution in [2.45, 2.75) is 6.18 Å². The summed E-state index contributed by atoms with van der Waals surface area (Å²) < 4.78 is 51.8. The summed E-state index contributed by atoms with van der Waals surface area (Å²) in [7, 11) is 0. The number of nitrogen functional groups attached to an aromatic ring is 1. The van der Waals surface area contributed by atoms with E-state index in [0.29, 0.717) is 5.69 Å². The van der Waals surface area contributed by atoms with E-state index in [4.69, 9.17) is 17.3 Å². The van der Waals surface area contributed by atoms with Gasteiger partial charge in [0.2, 0.25) is 0 Å². The van der Waals surface area contributed by atoms with Crippen molar-refractivity contribution in [1.82, 2.24) is 0 Å². The van der Waals surface area contributed by atoms with E-state index in [1.54, 1.807) is 0 Å². The van der Waals surface area contributed by atoms with Crippen molar-refractivity contribution >= 4 is 28.7 Å². The van der Waals surface area contributed by atoms with Crippen LogP contribution in [0.3, 0.4) is 0 Å². The number of nitrogens with two attached hydrogens (primary N) is 1. The van der Waals surface area contributed by atoms with Gasteiger partial charge in [-0.3, -0.25) is 0 Å². The van der Waals surface area contributed by atoms with E-state index in [2.05, 4.69) is 6.58 Å². The Bertz CT molecular complexity index is 711. The molecule has 23 heavy (non-hydrogen) atoms. The largest absolute Gasteiger partial charge is 0.406 e. The van der Waals surface area contributed by atoms with Crippen molar-refractivity contribution in [2.24, 2.45) is 0 Å². The first-order valence-electron chi connectivity index (χ1n) is 6.51. The molecule has 0 atom stereocenters. The van der Waals surface area contributed by atoms with Gasteiger partial charge in [0.05, 0.1) is 5.02 Å². The average Bonchev–Trinajstić information content (AvgIpc) is 2.47. The first-order chi connectivity index (χ1) is 10.7. The Labute approximate surface area is 135 Å². The van der Waals surface area contributed by atoms with Gasteiger partial charge in [-0.15, -0.1) is 0 Å². The summed E-state index contributed by atoms with van der Waals surface area (Å²) >= 11 is 6.03. The number of hydrogen-bond donors (Lipinski definition) is 1. The lowest BCUT2D eigenvalue weighted by molar-refractivity contribution is -0.118. The van der Waals surface area contributed by atoms with Gasteiger partial charge in [-0.2, -0.15) is 13.2 Å². The molecule has 0 aliphatic rings.